The summed E-state index contributed by atoms with van der Waals surface area (Å²) in [6, 6.07) is 0. The van der Waals surface area contributed by atoms with Gasteiger partial charge in [0.2, 0.25) is 0 Å². The lowest BCUT2D eigenvalue weighted by molar-refractivity contribution is 0.890. The summed E-state index contributed by atoms with van der Waals surface area (Å²) < 4.78 is 4.22. The maximum absolute atomic E-state index is 11.8. The number of aromatic nitrogens is 3. The smallest absolute Gasteiger partial charge is 0.261 e. The Morgan fingerprint density at radius 3 is 2.80 bits per heavy atom. The molecule has 1 N–H and O–H groups in total. The first-order chi connectivity index (χ1) is 7.13. The van der Waals surface area contributed by atoms with Crippen molar-refractivity contribution < 1.29 is 0 Å². The van der Waals surface area contributed by atoms with Crippen LogP contribution in [0, 0.1) is 0 Å². The molecule has 0 unspecified atom stereocenters. The van der Waals surface area contributed by atoms with Crippen LogP contribution in [0.5, 0.6) is 0 Å². The predicted molar refractivity (Wildman–Crippen MR) is 61.5 cm³/mol. The first kappa shape index (κ1) is 10.3. The predicted octanol–water partition coefficient (Wildman–Crippen LogP) is 2.07. The van der Waals surface area contributed by atoms with Crippen LogP contribution in [0.25, 0.3) is 11.0 Å². The second kappa shape index (κ2) is 3.73. The maximum atomic E-state index is 11.8. The van der Waals surface area contributed by atoms with Gasteiger partial charge in [-0.1, -0.05) is 20.8 Å². The Bertz CT molecular complexity index is 541. The zero-order valence-corrected chi connectivity index (χ0v) is 9.81. The van der Waals surface area contributed by atoms with Crippen molar-refractivity contribution in [2.24, 2.45) is 0 Å². The molecule has 2 aromatic rings. The molecule has 0 aliphatic heterocycles. The lowest BCUT2D eigenvalue weighted by Crippen LogP contribution is -2.11. The van der Waals surface area contributed by atoms with Crippen molar-refractivity contribution in [3.05, 3.63) is 21.1 Å². The molecule has 5 heteroatoms. The Morgan fingerprint density at radius 2 is 2.20 bits per heavy atom. The molecule has 0 fully saturated rings. The van der Waals surface area contributed by atoms with Gasteiger partial charge in [0.05, 0.1) is 0 Å². The monoisotopic (exact) mass is 223 g/mol. The summed E-state index contributed by atoms with van der Waals surface area (Å²) in [6.45, 7) is 6.07. The van der Waals surface area contributed by atoms with Gasteiger partial charge in [-0.25, -0.2) is 4.98 Å². The minimum atomic E-state index is -0.0608. The van der Waals surface area contributed by atoms with Crippen molar-refractivity contribution in [3.63, 3.8) is 0 Å². The number of rotatable bonds is 2. The van der Waals surface area contributed by atoms with Crippen molar-refractivity contribution >= 4 is 22.6 Å². The fourth-order valence-electron chi connectivity index (χ4n) is 1.49. The molecule has 2 aromatic heterocycles. The Hall–Kier alpha value is -1.23. The topological polar surface area (TPSA) is 58.6 Å². The zero-order valence-electron chi connectivity index (χ0n) is 9.00. The Morgan fingerprint density at radius 1 is 1.47 bits per heavy atom. The van der Waals surface area contributed by atoms with E-state index in [1.165, 1.54) is 11.5 Å². The third-order valence-electron chi connectivity index (χ3n) is 2.29. The molecule has 0 atom stereocenters. The van der Waals surface area contributed by atoms with E-state index in [4.69, 9.17) is 0 Å². The molecule has 0 aliphatic rings. The van der Waals surface area contributed by atoms with Gasteiger partial charge in [0.1, 0.15) is 11.2 Å². The highest BCUT2D eigenvalue weighted by Gasteiger charge is 2.14. The zero-order chi connectivity index (χ0) is 11.0. The summed E-state index contributed by atoms with van der Waals surface area (Å²) >= 11 is 1.37. The van der Waals surface area contributed by atoms with Crippen molar-refractivity contribution in [3.8, 4) is 0 Å². The number of nitrogens with zero attached hydrogens (tertiary/aromatic N) is 2. The van der Waals surface area contributed by atoms with Crippen LogP contribution in [0.3, 0.4) is 0 Å². The molecule has 0 aromatic carbocycles. The second-order valence-electron chi connectivity index (χ2n) is 3.77. The van der Waals surface area contributed by atoms with Crippen LogP contribution in [0.2, 0.25) is 0 Å². The molecule has 2 heterocycles. The van der Waals surface area contributed by atoms with E-state index in [0.717, 1.165) is 11.3 Å². The highest BCUT2D eigenvalue weighted by molar-refractivity contribution is 7.07. The molecular formula is C10H13N3OS. The number of hydrogen-bond donors (Lipinski definition) is 1. The van der Waals surface area contributed by atoms with Gasteiger partial charge in [0, 0.05) is 11.3 Å². The van der Waals surface area contributed by atoms with E-state index in [1.54, 1.807) is 0 Å². The van der Waals surface area contributed by atoms with Crippen LogP contribution >= 0.6 is 11.5 Å². The van der Waals surface area contributed by atoms with Gasteiger partial charge in [-0.3, -0.25) is 4.79 Å². The van der Waals surface area contributed by atoms with Crippen LogP contribution in [-0.2, 0) is 6.42 Å². The van der Waals surface area contributed by atoms with Gasteiger partial charge in [-0.05, 0) is 17.5 Å². The summed E-state index contributed by atoms with van der Waals surface area (Å²) in [5.74, 6) is 1.02. The third-order valence-corrected chi connectivity index (χ3v) is 3.42. The highest BCUT2D eigenvalue weighted by Crippen LogP contribution is 2.25. The Balaban J connectivity index is 2.77. The SMILES string of the molecule is CCc1nc2nsc(C(C)C)c2c(=O)[nH]1. The molecule has 0 saturated carbocycles. The average molecular weight is 223 g/mol. The number of nitrogens with one attached hydrogen (secondary N) is 1. The summed E-state index contributed by atoms with van der Waals surface area (Å²) in [5.41, 5.74) is 0.526. The standard InChI is InChI=1S/C10H13N3OS/c1-4-6-11-9-7(10(14)12-6)8(5(2)3)15-13-9/h5H,4H2,1-3H3,(H,11,12,13,14). The van der Waals surface area contributed by atoms with Gasteiger partial charge < -0.3 is 4.98 Å². The van der Waals surface area contributed by atoms with Crippen molar-refractivity contribution in [1.82, 2.24) is 14.3 Å². The molecule has 0 spiro atoms. The largest absolute Gasteiger partial charge is 0.310 e. The fourth-order valence-corrected chi connectivity index (χ4v) is 2.30. The normalized spacial score (nSPS) is 11.5. The number of fused-ring (bicyclic) bond motifs is 1. The van der Waals surface area contributed by atoms with Gasteiger partial charge in [0.15, 0.2) is 5.65 Å². The van der Waals surface area contributed by atoms with Gasteiger partial charge in [-0.2, -0.15) is 4.37 Å². The molecule has 0 saturated heterocycles. The molecule has 0 aliphatic carbocycles. The maximum Gasteiger partial charge on any atom is 0.261 e. The van der Waals surface area contributed by atoms with E-state index in [-0.39, 0.29) is 5.56 Å². The molecule has 2 rings (SSSR count). The van der Waals surface area contributed by atoms with Gasteiger partial charge >= 0.3 is 0 Å². The van der Waals surface area contributed by atoms with Crippen LogP contribution in [0.15, 0.2) is 4.79 Å². The van der Waals surface area contributed by atoms with Gasteiger partial charge in [0.25, 0.3) is 5.56 Å². The number of hydrogen-bond acceptors (Lipinski definition) is 4. The first-order valence-corrected chi connectivity index (χ1v) is 5.79. The van der Waals surface area contributed by atoms with Crippen LogP contribution < -0.4 is 5.56 Å². The first-order valence-electron chi connectivity index (χ1n) is 5.02. The van der Waals surface area contributed by atoms with E-state index < -0.39 is 0 Å². The van der Waals surface area contributed by atoms with E-state index in [2.05, 4.69) is 28.2 Å². The number of aromatic amines is 1. The second-order valence-corrected chi connectivity index (χ2v) is 4.57. The summed E-state index contributed by atoms with van der Waals surface area (Å²) in [7, 11) is 0. The van der Waals surface area contributed by atoms with E-state index in [9.17, 15) is 4.79 Å². The van der Waals surface area contributed by atoms with Gasteiger partial charge in [-0.15, -0.1) is 0 Å². The summed E-state index contributed by atoms with van der Waals surface area (Å²) in [5, 5.41) is 0.659. The van der Waals surface area contributed by atoms with Crippen LogP contribution in [-0.4, -0.2) is 14.3 Å². The minimum absolute atomic E-state index is 0.0608. The summed E-state index contributed by atoms with van der Waals surface area (Å²) in [6.07, 6.45) is 0.722. The lowest BCUT2D eigenvalue weighted by Gasteiger charge is -2.00. The van der Waals surface area contributed by atoms with Crippen molar-refractivity contribution in [2.45, 2.75) is 33.1 Å². The Labute approximate surface area is 91.5 Å². The lowest BCUT2D eigenvalue weighted by atomic mass is 10.1. The van der Waals surface area contributed by atoms with Crippen molar-refractivity contribution in [2.75, 3.05) is 0 Å². The molecule has 15 heavy (non-hydrogen) atoms. The molecule has 0 bridgehead atoms. The summed E-state index contributed by atoms with van der Waals surface area (Å²) in [4.78, 5) is 19.9. The van der Waals surface area contributed by atoms with Crippen molar-refractivity contribution in [1.29, 1.82) is 0 Å². The molecule has 4 nitrogen and oxygen atoms in total. The Kier molecular flexibility index (Phi) is 2.56. The van der Waals surface area contributed by atoms with E-state index in [1.807, 2.05) is 6.92 Å². The van der Waals surface area contributed by atoms with E-state index >= 15 is 0 Å². The van der Waals surface area contributed by atoms with Crippen LogP contribution in [0.1, 0.15) is 37.4 Å². The quantitative estimate of drug-likeness (QED) is 0.847. The average Bonchev–Trinajstić information content (AvgIpc) is 2.61. The fraction of sp³-hybridized carbons (Fsp3) is 0.500. The highest BCUT2D eigenvalue weighted by atomic mass is 32.1. The molecule has 0 amide bonds. The van der Waals surface area contributed by atoms with Crippen LogP contribution in [0.4, 0.5) is 0 Å². The minimum Gasteiger partial charge on any atom is -0.310 e. The number of aryl methyl sites for hydroxylation is 1. The molecule has 80 valence electrons. The number of H-pyrrole nitrogens is 1. The third kappa shape index (κ3) is 1.67. The van der Waals surface area contributed by atoms with E-state index in [0.29, 0.717) is 22.8 Å². The molecule has 0 radical (unpaired) electrons. The molecular weight excluding hydrogens is 210 g/mol.